The van der Waals surface area contributed by atoms with Gasteiger partial charge in [-0.15, -0.1) is 0 Å². The summed E-state index contributed by atoms with van der Waals surface area (Å²) < 4.78 is 15.6. The van der Waals surface area contributed by atoms with Crippen molar-refractivity contribution in [2.75, 3.05) is 19.8 Å². The van der Waals surface area contributed by atoms with Crippen molar-refractivity contribution in [2.45, 2.75) is 6.61 Å². The zero-order valence-corrected chi connectivity index (χ0v) is 12.9. The Kier molecular flexibility index (Phi) is 6.73. The van der Waals surface area contributed by atoms with Crippen LogP contribution in [0.25, 0.3) is 0 Å². The lowest BCUT2D eigenvalue weighted by molar-refractivity contribution is -0.384. The normalized spacial score (nSPS) is 10.2. The van der Waals surface area contributed by atoms with Crippen LogP contribution in [0.15, 0.2) is 54.6 Å². The molecule has 24 heavy (non-hydrogen) atoms. The highest BCUT2D eigenvalue weighted by Crippen LogP contribution is 2.13. The second kappa shape index (κ2) is 9.26. The molecule has 0 bridgehead atoms. The molecule has 0 spiro atoms. The third kappa shape index (κ3) is 6.05. The van der Waals surface area contributed by atoms with Gasteiger partial charge in [0.25, 0.3) is 5.69 Å². The maximum atomic E-state index is 11.5. The van der Waals surface area contributed by atoms with Gasteiger partial charge in [-0.2, -0.15) is 0 Å². The number of nitro benzene ring substituents is 1. The molecule has 7 nitrogen and oxygen atoms in total. The fraction of sp³-hybridized carbons (Fsp3) is 0.235. The van der Waals surface area contributed by atoms with Gasteiger partial charge in [-0.05, 0) is 17.7 Å². The van der Waals surface area contributed by atoms with Crippen LogP contribution in [0.2, 0.25) is 0 Å². The van der Waals surface area contributed by atoms with Gasteiger partial charge in [-0.1, -0.05) is 30.3 Å². The van der Waals surface area contributed by atoms with Crippen LogP contribution in [0, 0.1) is 10.1 Å². The van der Waals surface area contributed by atoms with Crippen LogP contribution >= 0.6 is 0 Å². The third-order valence-corrected chi connectivity index (χ3v) is 2.98. The number of nitro groups is 1. The lowest BCUT2D eigenvalue weighted by Crippen LogP contribution is -2.15. The van der Waals surface area contributed by atoms with E-state index in [0.29, 0.717) is 12.2 Å². The Labute approximate surface area is 138 Å². The fourth-order valence-electron chi connectivity index (χ4n) is 1.86. The van der Waals surface area contributed by atoms with Crippen molar-refractivity contribution < 1.29 is 23.9 Å². The number of esters is 1. The van der Waals surface area contributed by atoms with Crippen LogP contribution in [-0.2, 0) is 20.9 Å². The summed E-state index contributed by atoms with van der Waals surface area (Å²) in [6, 6.07) is 15.2. The molecule has 7 heteroatoms. The number of hydrogen-bond acceptors (Lipinski definition) is 6. The molecule has 0 radical (unpaired) electrons. The molecule has 0 heterocycles. The maximum Gasteiger partial charge on any atom is 0.332 e. The standard InChI is InChI=1S/C17H17NO6/c19-17(13-22-9-10-23-16-7-2-1-3-8-16)24-12-14-5-4-6-15(11-14)18(20)21/h1-8,11H,9-10,12-13H2. The maximum absolute atomic E-state index is 11.5. The number of rotatable bonds is 9. The summed E-state index contributed by atoms with van der Waals surface area (Å²) in [7, 11) is 0. The summed E-state index contributed by atoms with van der Waals surface area (Å²) >= 11 is 0. The molecule has 0 aliphatic heterocycles. The Hall–Kier alpha value is -2.93. The molecule has 0 atom stereocenters. The minimum Gasteiger partial charge on any atom is -0.491 e. The van der Waals surface area contributed by atoms with Crippen molar-refractivity contribution in [3.63, 3.8) is 0 Å². The zero-order valence-electron chi connectivity index (χ0n) is 12.9. The Morgan fingerprint density at radius 3 is 2.58 bits per heavy atom. The van der Waals surface area contributed by atoms with E-state index in [9.17, 15) is 14.9 Å². The SMILES string of the molecule is O=C(COCCOc1ccccc1)OCc1cccc([N+](=O)[O-])c1. The van der Waals surface area contributed by atoms with Crippen LogP contribution in [0.4, 0.5) is 5.69 Å². The lowest BCUT2D eigenvalue weighted by Gasteiger charge is -2.07. The summed E-state index contributed by atoms with van der Waals surface area (Å²) in [6.45, 7) is 0.334. The van der Waals surface area contributed by atoms with Crippen molar-refractivity contribution in [1.29, 1.82) is 0 Å². The van der Waals surface area contributed by atoms with E-state index in [-0.39, 0.29) is 25.5 Å². The van der Waals surface area contributed by atoms with Crippen LogP contribution in [0.5, 0.6) is 5.75 Å². The van der Waals surface area contributed by atoms with E-state index in [2.05, 4.69) is 0 Å². The number of para-hydroxylation sites is 1. The number of benzene rings is 2. The first-order chi connectivity index (χ1) is 11.6. The topological polar surface area (TPSA) is 87.9 Å². The highest BCUT2D eigenvalue weighted by atomic mass is 16.6. The van der Waals surface area contributed by atoms with Crippen molar-refractivity contribution in [3.8, 4) is 5.75 Å². The van der Waals surface area contributed by atoms with Gasteiger partial charge in [0.2, 0.25) is 0 Å². The average molecular weight is 331 g/mol. The van der Waals surface area contributed by atoms with Crippen LogP contribution in [0.1, 0.15) is 5.56 Å². The van der Waals surface area contributed by atoms with Crippen molar-refractivity contribution in [3.05, 3.63) is 70.3 Å². The second-order valence-corrected chi connectivity index (χ2v) is 4.80. The Morgan fingerprint density at radius 2 is 1.83 bits per heavy atom. The largest absolute Gasteiger partial charge is 0.491 e. The van der Waals surface area contributed by atoms with Crippen molar-refractivity contribution in [2.24, 2.45) is 0 Å². The van der Waals surface area contributed by atoms with Crippen LogP contribution in [-0.4, -0.2) is 30.7 Å². The molecular formula is C17H17NO6. The fourth-order valence-corrected chi connectivity index (χ4v) is 1.86. The van der Waals surface area contributed by atoms with Gasteiger partial charge in [0.15, 0.2) is 0 Å². The Balaban J connectivity index is 1.61. The summed E-state index contributed by atoms with van der Waals surface area (Å²) in [4.78, 5) is 21.7. The first-order valence-corrected chi connectivity index (χ1v) is 7.29. The molecule has 0 aromatic heterocycles. The van der Waals surface area contributed by atoms with Gasteiger partial charge in [0, 0.05) is 12.1 Å². The number of non-ortho nitro benzene ring substituents is 1. The molecule has 0 fully saturated rings. The predicted octanol–water partition coefficient (Wildman–Crippen LogP) is 2.73. The molecule has 0 amide bonds. The minimum atomic E-state index is -0.541. The molecule has 0 N–H and O–H groups in total. The molecule has 2 aromatic carbocycles. The summed E-state index contributed by atoms with van der Waals surface area (Å²) in [5, 5.41) is 10.7. The van der Waals surface area contributed by atoms with Crippen LogP contribution in [0.3, 0.4) is 0 Å². The van der Waals surface area contributed by atoms with Gasteiger partial charge < -0.3 is 14.2 Å². The first kappa shape index (κ1) is 17.4. The molecule has 2 rings (SSSR count). The third-order valence-electron chi connectivity index (χ3n) is 2.98. The summed E-state index contributed by atoms with van der Waals surface area (Å²) in [5.41, 5.74) is 0.503. The van der Waals surface area contributed by atoms with Gasteiger partial charge in [0.1, 0.15) is 25.6 Å². The van der Waals surface area contributed by atoms with Gasteiger partial charge in [-0.3, -0.25) is 10.1 Å². The van der Waals surface area contributed by atoms with Crippen molar-refractivity contribution in [1.82, 2.24) is 0 Å². The van der Waals surface area contributed by atoms with E-state index in [1.165, 1.54) is 12.1 Å². The minimum absolute atomic E-state index is 0.0373. The molecule has 2 aromatic rings. The van der Waals surface area contributed by atoms with Gasteiger partial charge >= 0.3 is 5.97 Å². The first-order valence-electron chi connectivity index (χ1n) is 7.29. The number of carbonyl (C=O) groups excluding carboxylic acids is 1. The summed E-state index contributed by atoms with van der Waals surface area (Å²) in [5.74, 6) is 0.190. The van der Waals surface area contributed by atoms with E-state index >= 15 is 0 Å². The highest BCUT2D eigenvalue weighted by Gasteiger charge is 2.08. The monoisotopic (exact) mass is 331 g/mol. The molecule has 0 aliphatic rings. The van der Waals surface area contributed by atoms with E-state index in [1.807, 2.05) is 30.3 Å². The van der Waals surface area contributed by atoms with Crippen LogP contribution < -0.4 is 4.74 Å². The van der Waals surface area contributed by atoms with Gasteiger partial charge in [0.05, 0.1) is 11.5 Å². The second-order valence-electron chi connectivity index (χ2n) is 4.80. The van der Waals surface area contributed by atoms with Crippen molar-refractivity contribution >= 4 is 11.7 Å². The van der Waals surface area contributed by atoms with E-state index in [0.717, 1.165) is 5.75 Å². The smallest absolute Gasteiger partial charge is 0.332 e. The number of ether oxygens (including phenoxy) is 3. The summed E-state index contributed by atoms with van der Waals surface area (Å²) in [6.07, 6.45) is 0. The van der Waals surface area contributed by atoms with E-state index in [4.69, 9.17) is 14.2 Å². The molecule has 0 aliphatic carbocycles. The molecule has 0 unspecified atom stereocenters. The molecule has 0 saturated heterocycles. The van der Waals surface area contributed by atoms with E-state index in [1.54, 1.807) is 12.1 Å². The predicted molar refractivity (Wildman–Crippen MR) is 85.6 cm³/mol. The van der Waals surface area contributed by atoms with E-state index < -0.39 is 10.9 Å². The quantitative estimate of drug-likeness (QED) is 0.304. The zero-order chi connectivity index (χ0) is 17.2. The number of nitrogens with zero attached hydrogens (tertiary/aromatic N) is 1. The number of carbonyl (C=O) groups is 1. The lowest BCUT2D eigenvalue weighted by atomic mass is 10.2. The molecule has 126 valence electrons. The molecular weight excluding hydrogens is 314 g/mol. The molecule has 0 saturated carbocycles. The Bertz CT molecular complexity index is 674. The number of hydrogen-bond donors (Lipinski definition) is 0. The van der Waals surface area contributed by atoms with Gasteiger partial charge in [-0.25, -0.2) is 4.79 Å². The average Bonchev–Trinajstić information content (AvgIpc) is 2.61. The highest BCUT2D eigenvalue weighted by molar-refractivity contribution is 5.70. The Morgan fingerprint density at radius 1 is 1.04 bits per heavy atom.